The van der Waals surface area contributed by atoms with Crippen molar-refractivity contribution in [3.05, 3.63) is 64.5 Å². The number of hydrogen-bond acceptors (Lipinski definition) is 5. The summed E-state index contributed by atoms with van der Waals surface area (Å²) in [5.41, 5.74) is 4.48. The Morgan fingerprint density at radius 1 is 1.11 bits per heavy atom. The summed E-state index contributed by atoms with van der Waals surface area (Å²) in [6.45, 7) is 12.1. The van der Waals surface area contributed by atoms with E-state index in [1.54, 1.807) is 23.0 Å². The van der Waals surface area contributed by atoms with Gasteiger partial charge in [-0.05, 0) is 35.2 Å². The monoisotopic (exact) mass is 475 g/mol. The van der Waals surface area contributed by atoms with Crippen molar-refractivity contribution in [3.63, 3.8) is 0 Å². The van der Waals surface area contributed by atoms with E-state index < -0.39 is 0 Å². The lowest BCUT2D eigenvalue weighted by molar-refractivity contribution is -0.145. The van der Waals surface area contributed by atoms with Crippen LogP contribution in [0.3, 0.4) is 0 Å². The number of amides is 2. The second-order valence-electron chi connectivity index (χ2n) is 9.09. The number of unbranched alkanes of at least 4 members (excludes halogenated alkanes) is 2. The number of carbonyl (C=O) groups excluding carboxylic acids is 2. The number of hydrazine groups is 1. The molecule has 0 spiro atoms. The van der Waals surface area contributed by atoms with Crippen LogP contribution in [-0.2, 0) is 29.1 Å². The van der Waals surface area contributed by atoms with Crippen molar-refractivity contribution in [2.24, 2.45) is 0 Å². The van der Waals surface area contributed by atoms with Gasteiger partial charge in [-0.1, -0.05) is 44.0 Å². The quantitative estimate of drug-likeness (QED) is 0.419. The van der Waals surface area contributed by atoms with Gasteiger partial charge in [0.25, 0.3) is 5.91 Å². The molecule has 2 aliphatic heterocycles. The molecule has 0 fully saturated rings. The number of benzene rings is 2. The van der Waals surface area contributed by atoms with Gasteiger partial charge in [0.05, 0.1) is 32.0 Å². The number of fused-ring (bicyclic) bond motifs is 2. The van der Waals surface area contributed by atoms with Gasteiger partial charge in [0, 0.05) is 33.1 Å². The van der Waals surface area contributed by atoms with Gasteiger partial charge in [-0.25, -0.2) is 9.85 Å². The molecule has 0 atom stereocenters. The Morgan fingerprint density at radius 3 is 2.54 bits per heavy atom. The Labute approximate surface area is 207 Å². The minimum Gasteiger partial charge on any atom is -0.491 e. The van der Waals surface area contributed by atoms with Gasteiger partial charge < -0.3 is 15.0 Å². The Kier molecular flexibility index (Phi) is 7.88. The van der Waals surface area contributed by atoms with Gasteiger partial charge in [-0.3, -0.25) is 14.6 Å². The van der Waals surface area contributed by atoms with E-state index >= 15 is 0 Å². The van der Waals surface area contributed by atoms with Crippen LogP contribution in [0.5, 0.6) is 5.75 Å². The number of ether oxygens (including phenoxy) is 1. The van der Waals surface area contributed by atoms with Crippen LogP contribution in [0.4, 0.5) is 11.4 Å². The van der Waals surface area contributed by atoms with Gasteiger partial charge in [0.1, 0.15) is 5.75 Å². The van der Waals surface area contributed by atoms with Crippen molar-refractivity contribution >= 4 is 23.2 Å². The summed E-state index contributed by atoms with van der Waals surface area (Å²) in [5, 5.41) is 6.62. The second kappa shape index (κ2) is 11.2. The first kappa shape index (κ1) is 24.6. The third kappa shape index (κ3) is 5.75. The fraction of sp³-hybridized carbons (Fsp3) is 0.444. The first-order valence-electron chi connectivity index (χ1n) is 12.3. The Morgan fingerprint density at radius 2 is 1.86 bits per heavy atom. The summed E-state index contributed by atoms with van der Waals surface area (Å²) in [6.07, 6.45) is 3.77. The van der Waals surface area contributed by atoms with Crippen LogP contribution in [0.1, 0.15) is 42.9 Å². The number of nitrogens with zero attached hydrogens (tertiary/aromatic N) is 4. The number of hydrogen-bond donors (Lipinski definition) is 1. The molecule has 0 saturated carbocycles. The first-order chi connectivity index (χ1) is 17.0. The summed E-state index contributed by atoms with van der Waals surface area (Å²) < 4.78 is 5.88. The molecule has 0 radical (unpaired) electrons. The maximum atomic E-state index is 13.4. The molecule has 0 aliphatic carbocycles. The predicted molar refractivity (Wildman–Crippen MR) is 135 cm³/mol. The average molecular weight is 476 g/mol. The molecule has 184 valence electrons. The SMILES string of the molecule is [C-]#[N+]c1cc2c(c(N(CC(=O)NCCCCC)CC(=O)N(C)N3Cc4ccccc4C3)c1)OCC2. The van der Waals surface area contributed by atoms with E-state index in [4.69, 9.17) is 11.3 Å². The predicted octanol–water partition coefficient (Wildman–Crippen LogP) is 3.67. The molecule has 0 unspecified atom stereocenters. The van der Waals surface area contributed by atoms with Gasteiger partial charge in [-0.2, -0.15) is 0 Å². The highest BCUT2D eigenvalue weighted by Gasteiger charge is 2.29. The van der Waals surface area contributed by atoms with E-state index in [0.29, 0.717) is 49.8 Å². The molecule has 1 N–H and O–H groups in total. The lowest BCUT2D eigenvalue weighted by Crippen LogP contribution is -2.48. The molecular weight excluding hydrogens is 442 g/mol. The highest BCUT2D eigenvalue weighted by atomic mass is 16.5. The summed E-state index contributed by atoms with van der Waals surface area (Å²) in [4.78, 5) is 31.6. The van der Waals surface area contributed by atoms with Crippen LogP contribution in [0.25, 0.3) is 4.85 Å². The molecule has 2 heterocycles. The normalized spacial score (nSPS) is 14.0. The van der Waals surface area contributed by atoms with Crippen LogP contribution >= 0.6 is 0 Å². The number of carbonyl (C=O) groups is 2. The number of rotatable bonds is 10. The van der Waals surface area contributed by atoms with E-state index in [1.807, 2.05) is 23.2 Å². The minimum absolute atomic E-state index is 0.00295. The fourth-order valence-corrected chi connectivity index (χ4v) is 4.58. The van der Waals surface area contributed by atoms with Crippen molar-refractivity contribution in [1.29, 1.82) is 0 Å². The van der Waals surface area contributed by atoms with Crippen molar-refractivity contribution < 1.29 is 14.3 Å². The maximum absolute atomic E-state index is 13.4. The Balaban J connectivity index is 1.52. The molecule has 0 saturated heterocycles. The van der Waals surface area contributed by atoms with Crippen molar-refractivity contribution in [3.8, 4) is 5.75 Å². The summed E-state index contributed by atoms with van der Waals surface area (Å²) >= 11 is 0. The standard InChI is InChI=1S/C27H33N5O3/c1-4-5-8-12-29-25(33)18-31(24-15-23(28-2)14-20-11-13-35-27(20)24)19-26(34)30(3)32-16-21-9-6-7-10-22(21)17-32/h6-7,9-10,14-15H,4-5,8,11-13,16-19H2,1,3H3,(H,29,33). The Bertz CT molecular complexity index is 1100. The number of anilines is 1. The van der Waals surface area contributed by atoms with Crippen molar-refractivity contribution in [1.82, 2.24) is 15.3 Å². The summed E-state index contributed by atoms with van der Waals surface area (Å²) in [5.74, 6) is 0.391. The molecule has 4 rings (SSSR count). The highest BCUT2D eigenvalue weighted by molar-refractivity contribution is 5.88. The topological polar surface area (TPSA) is 69.5 Å². The van der Waals surface area contributed by atoms with Crippen LogP contribution in [0.2, 0.25) is 0 Å². The van der Waals surface area contributed by atoms with Gasteiger partial charge >= 0.3 is 0 Å². The summed E-state index contributed by atoms with van der Waals surface area (Å²) in [6, 6.07) is 11.7. The van der Waals surface area contributed by atoms with Crippen LogP contribution in [0.15, 0.2) is 36.4 Å². The zero-order chi connectivity index (χ0) is 24.8. The summed E-state index contributed by atoms with van der Waals surface area (Å²) in [7, 11) is 1.77. The molecule has 2 aliphatic rings. The fourth-order valence-electron chi connectivity index (χ4n) is 4.58. The lowest BCUT2D eigenvalue weighted by Gasteiger charge is -2.32. The average Bonchev–Trinajstić information content (AvgIpc) is 3.52. The minimum atomic E-state index is -0.148. The van der Waals surface area contributed by atoms with Crippen LogP contribution in [-0.4, -0.2) is 55.1 Å². The van der Waals surface area contributed by atoms with E-state index in [2.05, 4.69) is 29.2 Å². The molecule has 0 aromatic heterocycles. The lowest BCUT2D eigenvalue weighted by atomic mass is 10.1. The molecular formula is C27H33N5O3. The zero-order valence-corrected chi connectivity index (χ0v) is 20.5. The van der Waals surface area contributed by atoms with E-state index in [1.165, 1.54) is 11.1 Å². The van der Waals surface area contributed by atoms with Gasteiger partial charge in [-0.15, -0.1) is 0 Å². The maximum Gasteiger partial charge on any atom is 0.256 e. The molecule has 0 bridgehead atoms. The van der Waals surface area contributed by atoms with Crippen LogP contribution in [0, 0.1) is 6.57 Å². The molecule has 2 aromatic carbocycles. The third-order valence-electron chi connectivity index (χ3n) is 6.59. The van der Waals surface area contributed by atoms with Crippen molar-refractivity contribution in [2.45, 2.75) is 45.7 Å². The smallest absolute Gasteiger partial charge is 0.256 e. The van der Waals surface area contributed by atoms with Gasteiger partial charge in [0.2, 0.25) is 5.91 Å². The number of nitrogens with one attached hydrogen (secondary N) is 1. The highest BCUT2D eigenvalue weighted by Crippen LogP contribution is 2.40. The van der Waals surface area contributed by atoms with Crippen LogP contribution < -0.4 is 15.0 Å². The number of likely N-dealkylation sites (N-methyl/N-ethyl adjacent to an activating group) is 1. The molecule has 8 heteroatoms. The molecule has 8 nitrogen and oxygen atoms in total. The van der Waals surface area contributed by atoms with E-state index in [-0.39, 0.29) is 24.9 Å². The second-order valence-corrected chi connectivity index (χ2v) is 9.09. The molecule has 35 heavy (non-hydrogen) atoms. The first-order valence-corrected chi connectivity index (χ1v) is 12.3. The zero-order valence-electron chi connectivity index (χ0n) is 20.5. The molecule has 2 aromatic rings. The third-order valence-corrected chi connectivity index (χ3v) is 6.59. The Hall–Kier alpha value is -3.57. The van der Waals surface area contributed by atoms with Crippen molar-refractivity contribution in [2.75, 3.05) is 38.2 Å². The van der Waals surface area contributed by atoms with E-state index in [0.717, 1.165) is 24.8 Å². The molecule has 2 amide bonds. The van der Waals surface area contributed by atoms with Gasteiger partial charge in [0.15, 0.2) is 5.69 Å². The largest absolute Gasteiger partial charge is 0.491 e. The van der Waals surface area contributed by atoms with E-state index in [9.17, 15) is 9.59 Å².